The Morgan fingerprint density at radius 2 is 1.93 bits per heavy atom. The van der Waals surface area contributed by atoms with Gasteiger partial charge in [-0.15, -0.1) is 11.3 Å². The maximum absolute atomic E-state index is 10.6. The monoisotopic (exact) mass is 218 g/mol. The second kappa shape index (κ2) is 4.28. The Morgan fingerprint density at radius 3 is 2.47 bits per heavy atom. The van der Waals surface area contributed by atoms with Crippen LogP contribution in [0, 0.1) is 0 Å². The molecule has 0 atom stereocenters. The molecule has 2 rings (SSSR count). The van der Waals surface area contributed by atoms with Crippen LogP contribution in [0.1, 0.15) is 20.8 Å². The first kappa shape index (κ1) is 9.93. The van der Waals surface area contributed by atoms with Gasteiger partial charge in [0, 0.05) is 11.3 Å². The molecule has 1 N–H and O–H groups in total. The molecule has 0 bridgehead atoms. The van der Waals surface area contributed by atoms with Gasteiger partial charge in [-0.25, -0.2) is 4.79 Å². The Morgan fingerprint density at radius 1 is 1.20 bits per heavy atom. The minimum atomic E-state index is -0.877. The highest BCUT2D eigenvalue weighted by Crippen LogP contribution is 2.15. The zero-order valence-electron chi connectivity index (χ0n) is 8.01. The van der Waals surface area contributed by atoms with Crippen molar-refractivity contribution in [1.82, 2.24) is 0 Å². The standard InChI is InChI=1S/C12H10O2S/c13-12(14)10-5-3-9(4-6-10)8-11-2-1-7-15-11/h1-7H,8H2,(H,13,14). The number of hydrogen-bond acceptors (Lipinski definition) is 2. The second-order valence-electron chi connectivity index (χ2n) is 3.26. The third-order valence-electron chi connectivity index (χ3n) is 2.16. The Bertz CT molecular complexity index is 443. The van der Waals surface area contributed by atoms with E-state index in [0.29, 0.717) is 5.56 Å². The average Bonchev–Trinajstić information content (AvgIpc) is 2.71. The highest BCUT2D eigenvalue weighted by Gasteiger charge is 2.02. The summed E-state index contributed by atoms with van der Waals surface area (Å²) in [5.74, 6) is -0.877. The third-order valence-corrected chi connectivity index (χ3v) is 3.04. The Balaban J connectivity index is 2.14. The van der Waals surface area contributed by atoms with Crippen molar-refractivity contribution in [2.75, 3.05) is 0 Å². The van der Waals surface area contributed by atoms with E-state index in [2.05, 4.69) is 6.07 Å². The molecule has 0 aliphatic heterocycles. The van der Waals surface area contributed by atoms with Gasteiger partial charge in [-0.2, -0.15) is 0 Å². The first-order valence-electron chi connectivity index (χ1n) is 4.60. The van der Waals surface area contributed by atoms with Gasteiger partial charge in [0.05, 0.1) is 5.56 Å². The van der Waals surface area contributed by atoms with Gasteiger partial charge in [0.1, 0.15) is 0 Å². The van der Waals surface area contributed by atoms with Crippen LogP contribution >= 0.6 is 11.3 Å². The molecule has 0 aliphatic carbocycles. The van der Waals surface area contributed by atoms with Crippen molar-refractivity contribution in [2.24, 2.45) is 0 Å². The fourth-order valence-electron chi connectivity index (χ4n) is 1.38. The van der Waals surface area contributed by atoms with Crippen LogP contribution in [-0.2, 0) is 6.42 Å². The van der Waals surface area contributed by atoms with Crippen LogP contribution in [0.15, 0.2) is 41.8 Å². The summed E-state index contributed by atoms with van der Waals surface area (Å²) in [6, 6.07) is 11.1. The third kappa shape index (κ3) is 2.44. The topological polar surface area (TPSA) is 37.3 Å². The van der Waals surface area contributed by atoms with E-state index in [9.17, 15) is 4.79 Å². The second-order valence-corrected chi connectivity index (χ2v) is 4.29. The van der Waals surface area contributed by atoms with Crippen molar-refractivity contribution in [1.29, 1.82) is 0 Å². The van der Waals surface area contributed by atoms with Crippen LogP contribution in [0.3, 0.4) is 0 Å². The van der Waals surface area contributed by atoms with Crippen LogP contribution in [0.4, 0.5) is 0 Å². The quantitative estimate of drug-likeness (QED) is 0.859. The molecule has 0 amide bonds. The van der Waals surface area contributed by atoms with Crippen LogP contribution in [0.5, 0.6) is 0 Å². The first-order valence-corrected chi connectivity index (χ1v) is 5.48. The normalized spacial score (nSPS) is 10.1. The largest absolute Gasteiger partial charge is 0.478 e. The Kier molecular flexibility index (Phi) is 2.83. The van der Waals surface area contributed by atoms with E-state index in [1.54, 1.807) is 23.5 Å². The van der Waals surface area contributed by atoms with Gasteiger partial charge in [-0.05, 0) is 29.1 Å². The molecule has 0 fully saturated rings. The van der Waals surface area contributed by atoms with Crippen LogP contribution in [-0.4, -0.2) is 11.1 Å². The summed E-state index contributed by atoms with van der Waals surface area (Å²) in [6.45, 7) is 0. The van der Waals surface area contributed by atoms with E-state index in [1.165, 1.54) is 4.88 Å². The van der Waals surface area contributed by atoms with Gasteiger partial charge in [-0.3, -0.25) is 0 Å². The fraction of sp³-hybridized carbons (Fsp3) is 0.0833. The summed E-state index contributed by atoms with van der Waals surface area (Å²) in [5, 5.41) is 10.8. The molecule has 0 aliphatic rings. The zero-order chi connectivity index (χ0) is 10.7. The smallest absolute Gasteiger partial charge is 0.335 e. The van der Waals surface area contributed by atoms with Crippen molar-refractivity contribution in [3.8, 4) is 0 Å². The molecular weight excluding hydrogens is 208 g/mol. The summed E-state index contributed by atoms with van der Waals surface area (Å²) in [7, 11) is 0. The lowest BCUT2D eigenvalue weighted by atomic mass is 10.1. The first-order chi connectivity index (χ1) is 7.25. The number of hydrogen-bond donors (Lipinski definition) is 1. The van der Waals surface area contributed by atoms with Crippen LogP contribution in [0.25, 0.3) is 0 Å². The molecule has 0 saturated heterocycles. The molecule has 1 aromatic carbocycles. The van der Waals surface area contributed by atoms with Gasteiger partial charge >= 0.3 is 5.97 Å². The molecule has 3 heteroatoms. The molecule has 0 spiro atoms. The van der Waals surface area contributed by atoms with Crippen LogP contribution in [0.2, 0.25) is 0 Å². The van der Waals surface area contributed by atoms with Gasteiger partial charge < -0.3 is 5.11 Å². The molecule has 0 radical (unpaired) electrons. The summed E-state index contributed by atoms with van der Waals surface area (Å²) in [6.07, 6.45) is 0.873. The van der Waals surface area contributed by atoms with Crippen molar-refractivity contribution in [2.45, 2.75) is 6.42 Å². The van der Waals surface area contributed by atoms with Crippen molar-refractivity contribution in [3.05, 3.63) is 57.8 Å². The summed E-state index contributed by atoms with van der Waals surface area (Å²) in [4.78, 5) is 11.9. The molecule has 2 nitrogen and oxygen atoms in total. The molecule has 1 aromatic heterocycles. The maximum Gasteiger partial charge on any atom is 0.335 e. The van der Waals surface area contributed by atoms with E-state index in [4.69, 9.17) is 5.11 Å². The van der Waals surface area contributed by atoms with E-state index in [1.807, 2.05) is 23.6 Å². The highest BCUT2D eigenvalue weighted by atomic mass is 32.1. The van der Waals surface area contributed by atoms with E-state index in [-0.39, 0.29) is 0 Å². The zero-order valence-corrected chi connectivity index (χ0v) is 8.83. The summed E-state index contributed by atoms with van der Waals surface area (Å²) < 4.78 is 0. The van der Waals surface area contributed by atoms with Crippen LogP contribution < -0.4 is 0 Å². The minimum absolute atomic E-state index is 0.338. The van der Waals surface area contributed by atoms with Crippen molar-refractivity contribution < 1.29 is 9.90 Å². The predicted molar refractivity (Wildman–Crippen MR) is 60.5 cm³/mol. The number of carbonyl (C=O) groups is 1. The lowest BCUT2D eigenvalue weighted by Gasteiger charge is -1.99. The molecule has 0 saturated carbocycles. The number of rotatable bonds is 3. The number of benzene rings is 1. The van der Waals surface area contributed by atoms with E-state index >= 15 is 0 Å². The highest BCUT2D eigenvalue weighted by molar-refractivity contribution is 7.09. The summed E-state index contributed by atoms with van der Waals surface area (Å²) in [5.41, 5.74) is 1.48. The molecule has 76 valence electrons. The minimum Gasteiger partial charge on any atom is -0.478 e. The summed E-state index contributed by atoms with van der Waals surface area (Å²) >= 11 is 1.71. The SMILES string of the molecule is O=C(O)c1ccc(Cc2cccs2)cc1. The predicted octanol–water partition coefficient (Wildman–Crippen LogP) is 3.04. The number of carboxylic acids is 1. The molecule has 2 aromatic rings. The van der Waals surface area contributed by atoms with Gasteiger partial charge in [-0.1, -0.05) is 18.2 Å². The lowest BCUT2D eigenvalue weighted by molar-refractivity contribution is 0.0697. The van der Waals surface area contributed by atoms with Crippen molar-refractivity contribution in [3.63, 3.8) is 0 Å². The average molecular weight is 218 g/mol. The van der Waals surface area contributed by atoms with E-state index < -0.39 is 5.97 Å². The van der Waals surface area contributed by atoms with Gasteiger partial charge in [0.15, 0.2) is 0 Å². The van der Waals surface area contributed by atoms with Gasteiger partial charge in [0.25, 0.3) is 0 Å². The van der Waals surface area contributed by atoms with E-state index in [0.717, 1.165) is 12.0 Å². The molecule has 15 heavy (non-hydrogen) atoms. The number of aromatic carboxylic acids is 1. The molecular formula is C12H10O2S. The molecule has 0 unspecified atom stereocenters. The Hall–Kier alpha value is -1.61. The fourth-order valence-corrected chi connectivity index (χ4v) is 2.12. The van der Waals surface area contributed by atoms with Crippen molar-refractivity contribution >= 4 is 17.3 Å². The maximum atomic E-state index is 10.6. The lowest BCUT2D eigenvalue weighted by Crippen LogP contribution is -1.95. The molecule has 1 heterocycles. The number of thiophene rings is 1. The Labute approximate surface area is 91.8 Å². The van der Waals surface area contributed by atoms with Gasteiger partial charge in [0.2, 0.25) is 0 Å². The number of carboxylic acid groups (broad SMARTS) is 1.